The van der Waals surface area contributed by atoms with Crippen LogP contribution >= 0.6 is 0 Å². The molecular weight excluding hydrogens is 336 g/mol. The molecule has 4 nitrogen and oxygen atoms in total. The topological polar surface area (TPSA) is 49.4 Å². The van der Waals surface area contributed by atoms with E-state index in [1.165, 1.54) is 0 Å². The number of nitrogens with zero attached hydrogens (tertiary/aromatic N) is 1. The number of nitrogens with one attached hydrogen (secondary N) is 1. The molecule has 1 aliphatic rings. The fourth-order valence-electron chi connectivity index (χ4n) is 3.52. The summed E-state index contributed by atoms with van der Waals surface area (Å²) in [6.45, 7) is 3.75. The number of benzene rings is 3. The average molecular weight is 356 g/mol. The summed E-state index contributed by atoms with van der Waals surface area (Å²) >= 11 is 0. The number of para-hydroxylation sites is 1. The van der Waals surface area contributed by atoms with Crippen LogP contribution in [0, 0.1) is 6.92 Å². The van der Waals surface area contributed by atoms with E-state index in [9.17, 15) is 9.59 Å². The van der Waals surface area contributed by atoms with Gasteiger partial charge in [-0.1, -0.05) is 60.2 Å². The maximum atomic E-state index is 13.5. The summed E-state index contributed by atoms with van der Waals surface area (Å²) in [7, 11) is 0. The molecule has 1 heterocycles. The lowest BCUT2D eigenvalue weighted by molar-refractivity contribution is 0.0845. The van der Waals surface area contributed by atoms with Gasteiger partial charge in [0.25, 0.3) is 5.91 Å². The number of anilines is 2. The zero-order valence-corrected chi connectivity index (χ0v) is 15.3. The van der Waals surface area contributed by atoms with E-state index < -0.39 is 5.66 Å². The van der Waals surface area contributed by atoms with Gasteiger partial charge in [0.05, 0.1) is 5.56 Å². The third-order valence-electron chi connectivity index (χ3n) is 4.96. The largest absolute Gasteiger partial charge is 0.355 e. The third kappa shape index (κ3) is 2.79. The molecule has 1 unspecified atom stereocenters. The number of fused-ring (bicyclic) bond motifs is 1. The molecule has 0 aromatic heterocycles. The first-order valence-electron chi connectivity index (χ1n) is 8.89. The lowest BCUT2D eigenvalue weighted by atomic mass is 9.92. The highest BCUT2D eigenvalue weighted by Crippen LogP contribution is 2.36. The Balaban J connectivity index is 1.89. The summed E-state index contributed by atoms with van der Waals surface area (Å²) < 4.78 is 0. The van der Waals surface area contributed by atoms with Crippen molar-refractivity contribution in [1.82, 2.24) is 0 Å². The van der Waals surface area contributed by atoms with Gasteiger partial charge >= 0.3 is 0 Å². The molecule has 134 valence electrons. The van der Waals surface area contributed by atoms with Gasteiger partial charge in [0.15, 0.2) is 5.66 Å². The quantitative estimate of drug-likeness (QED) is 0.694. The second-order valence-electron chi connectivity index (χ2n) is 6.91. The van der Waals surface area contributed by atoms with Crippen LogP contribution in [0.1, 0.15) is 33.2 Å². The van der Waals surface area contributed by atoms with Crippen LogP contribution in [0.5, 0.6) is 0 Å². The monoisotopic (exact) mass is 356 g/mol. The van der Waals surface area contributed by atoms with Crippen molar-refractivity contribution in [1.29, 1.82) is 0 Å². The van der Waals surface area contributed by atoms with Gasteiger partial charge in [-0.25, -0.2) is 0 Å². The van der Waals surface area contributed by atoms with Gasteiger partial charge in [0.2, 0.25) is 5.78 Å². The summed E-state index contributed by atoms with van der Waals surface area (Å²) in [5, 5.41) is 3.32. The molecule has 0 fully saturated rings. The molecule has 0 bridgehead atoms. The molecule has 27 heavy (non-hydrogen) atoms. The number of amides is 1. The Bertz CT molecular complexity index is 1010. The van der Waals surface area contributed by atoms with E-state index in [1.54, 1.807) is 30.0 Å². The summed E-state index contributed by atoms with van der Waals surface area (Å²) in [6, 6.07) is 24.0. The predicted molar refractivity (Wildman–Crippen MR) is 107 cm³/mol. The molecular formula is C23H20N2O2. The van der Waals surface area contributed by atoms with Gasteiger partial charge in [-0.3, -0.25) is 14.5 Å². The van der Waals surface area contributed by atoms with Gasteiger partial charge in [-0.15, -0.1) is 0 Å². The average Bonchev–Trinajstić information content (AvgIpc) is 2.69. The van der Waals surface area contributed by atoms with E-state index in [4.69, 9.17) is 0 Å². The minimum Gasteiger partial charge on any atom is -0.355 e. The van der Waals surface area contributed by atoms with Crippen molar-refractivity contribution in [2.24, 2.45) is 0 Å². The van der Waals surface area contributed by atoms with Crippen molar-refractivity contribution in [3.8, 4) is 0 Å². The summed E-state index contributed by atoms with van der Waals surface area (Å²) in [6.07, 6.45) is 0. The molecule has 0 aliphatic carbocycles. The van der Waals surface area contributed by atoms with Crippen LogP contribution in [-0.4, -0.2) is 17.4 Å². The van der Waals surface area contributed by atoms with Crippen LogP contribution < -0.4 is 10.2 Å². The molecule has 0 saturated heterocycles. The van der Waals surface area contributed by atoms with Crippen LogP contribution in [0.25, 0.3) is 0 Å². The number of aryl methyl sites for hydroxylation is 1. The zero-order chi connectivity index (χ0) is 19.0. The highest BCUT2D eigenvalue weighted by molar-refractivity contribution is 6.20. The SMILES string of the molecule is Cc1ccc(N2C(=O)c3ccccc3NC2(C)C(=O)c2ccccc2)cc1. The predicted octanol–water partition coefficient (Wildman–Crippen LogP) is 4.67. The Morgan fingerprint density at radius 3 is 2.22 bits per heavy atom. The van der Waals surface area contributed by atoms with Crippen molar-refractivity contribution in [2.45, 2.75) is 19.5 Å². The van der Waals surface area contributed by atoms with Crippen molar-refractivity contribution in [2.75, 3.05) is 10.2 Å². The Kier molecular flexibility index (Phi) is 4.04. The van der Waals surface area contributed by atoms with E-state index in [2.05, 4.69) is 5.32 Å². The van der Waals surface area contributed by atoms with Crippen LogP contribution in [0.3, 0.4) is 0 Å². The Morgan fingerprint density at radius 1 is 0.889 bits per heavy atom. The molecule has 1 amide bonds. The number of hydrogen-bond donors (Lipinski definition) is 1. The molecule has 4 rings (SSSR count). The van der Waals surface area contributed by atoms with Crippen molar-refractivity contribution in [3.05, 3.63) is 95.6 Å². The van der Waals surface area contributed by atoms with E-state index in [1.807, 2.05) is 67.6 Å². The highest BCUT2D eigenvalue weighted by atomic mass is 16.2. The molecule has 0 saturated carbocycles. The maximum Gasteiger partial charge on any atom is 0.262 e. The van der Waals surface area contributed by atoms with Crippen LogP contribution in [0.15, 0.2) is 78.9 Å². The minimum absolute atomic E-state index is 0.161. The molecule has 1 aliphatic heterocycles. The van der Waals surface area contributed by atoms with Crippen molar-refractivity contribution < 1.29 is 9.59 Å². The molecule has 3 aromatic rings. The molecule has 1 atom stereocenters. The van der Waals surface area contributed by atoms with Gasteiger partial charge < -0.3 is 5.32 Å². The lowest BCUT2D eigenvalue weighted by Gasteiger charge is -2.45. The molecule has 4 heteroatoms. The normalized spacial score (nSPS) is 18.6. The van der Waals surface area contributed by atoms with Gasteiger partial charge in [0, 0.05) is 16.9 Å². The number of carbonyl (C=O) groups is 2. The first-order chi connectivity index (χ1) is 13.0. The second kappa shape index (κ2) is 6.40. The van der Waals surface area contributed by atoms with E-state index in [-0.39, 0.29) is 11.7 Å². The standard InChI is InChI=1S/C23H20N2O2/c1-16-12-14-18(15-13-16)25-22(27)19-10-6-7-11-20(19)24-23(25,2)21(26)17-8-4-3-5-9-17/h3-15,24H,1-2H3. The Hall–Kier alpha value is -3.40. The van der Waals surface area contributed by atoms with E-state index in [0.29, 0.717) is 22.5 Å². The van der Waals surface area contributed by atoms with E-state index >= 15 is 0 Å². The first kappa shape index (κ1) is 17.0. The van der Waals surface area contributed by atoms with Gasteiger partial charge in [0.1, 0.15) is 0 Å². The van der Waals surface area contributed by atoms with Gasteiger partial charge in [-0.05, 0) is 38.1 Å². The van der Waals surface area contributed by atoms with Crippen LogP contribution in [0.4, 0.5) is 11.4 Å². The van der Waals surface area contributed by atoms with Crippen molar-refractivity contribution >= 4 is 23.1 Å². The smallest absolute Gasteiger partial charge is 0.262 e. The van der Waals surface area contributed by atoms with Gasteiger partial charge in [-0.2, -0.15) is 0 Å². The summed E-state index contributed by atoms with van der Waals surface area (Å²) in [4.78, 5) is 28.4. The first-order valence-corrected chi connectivity index (χ1v) is 8.89. The summed E-state index contributed by atoms with van der Waals surface area (Å²) in [5.74, 6) is -0.355. The fourth-order valence-corrected chi connectivity index (χ4v) is 3.52. The summed E-state index contributed by atoms with van der Waals surface area (Å²) in [5.41, 5.74) is 2.31. The number of ketones is 1. The second-order valence-corrected chi connectivity index (χ2v) is 6.91. The number of carbonyl (C=O) groups excluding carboxylic acids is 2. The molecule has 1 N–H and O–H groups in total. The Morgan fingerprint density at radius 2 is 1.52 bits per heavy atom. The number of rotatable bonds is 3. The molecule has 3 aromatic carbocycles. The van der Waals surface area contributed by atoms with Crippen LogP contribution in [0.2, 0.25) is 0 Å². The lowest BCUT2D eigenvalue weighted by Crippen LogP contribution is -2.63. The zero-order valence-electron chi connectivity index (χ0n) is 15.3. The number of hydrogen-bond acceptors (Lipinski definition) is 3. The fraction of sp³-hybridized carbons (Fsp3) is 0.130. The van der Waals surface area contributed by atoms with Crippen molar-refractivity contribution in [3.63, 3.8) is 0 Å². The molecule has 0 radical (unpaired) electrons. The maximum absolute atomic E-state index is 13.5. The highest BCUT2D eigenvalue weighted by Gasteiger charge is 2.47. The van der Waals surface area contributed by atoms with Crippen LogP contribution in [-0.2, 0) is 0 Å². The van der Waals surface area contributed by atoms with E-state index in [0.717, 1.165) is 5.56 Å². The Labute approximate surface area is 158 Å². The molecule has 0 spiro atoms. The third-order valence-corrected chi connectivity index (χ3v) is 4.96. The number of Topliss-reactive ketones (excluding diaryl/α,β-unsaturated/α-hetero) is 1. The minimum atomic E-state index is -1.23.